The van der Waals surface area contributed by atoms with Crippen molar-refractivity contribution in [1.82, 2.24) is 0 Å². The Balaban J connectivity index is 2.90. The Hall–Kier alpha value is -1.76. The number of hydrogen-bond acceptors (Lipinski definition) is 4. The number of hydrogen-bond donors (Lipinski definition) is 0. The molecule has 21 heavy (non-hydrogen) atoms. The van der Waals surface area contributed by atoms with E-state index in [1.165, 1.54) is 16.3 Å². The predicted molar refractivity (Wildman–Crippen MR) is 84.3 cm³/mol. The van der Waals surface area contributed by atoms with Gasteiger partial charge in [0.05, 0.1) is 11.9 Å². The van der Waals surface area contributed by atoms with Crippen molar-refractivity contribution in [1.29, 1.82) is 0 Å². The Kier molecular flexibility index (Phi) is 4.88. The smallest absolute Gasteiger partial charge is 0.414 e. The molecule has 1 rings (SSSR count). The molecule has 0 aliphatic heterocycles. The van der Waals surface area contributed by atoms with Gasteiger partial charge in [-0.2, -0.15) is 0 Å². The number of anilines is 2. The van der Waals surface area contributed by atoms with Gasteiger partial charge >= 0.3 is 6.09 Å². The van der Waals surface area contributed by atoms with E-state index in [-0.39, 0.29) is 0 Å². The Morgan fingerprint density at radius 3 is 1.86 bits per heavy atom. The summed E-state index contributed by atoms with van der Waals surface area (Å²) in [7, 11) is -0.227. The number of carbonyl (C=O) groups excluding carboxylic acids is 1. The van der Waals surface area contributed by atoms with Crippen LogP contribution in [0, 0.1) is 0 Å². The molecule has 0 fully saturated rings. The first-order valence-electron chi connectivity index (χ1n) is 6.42. The van der Waals surface area contributed by atoms with Gasteiger partial charge in [-0.1, -0.05) is 0 Å². The zero-order chi connectivity index (χ0) is 16.4. The van der Waals surface area contributed by atoms with E-state index in [4.69, 9.17) is 4.74 Å². The van der Waals surface area contributed by atoms with Gasteiger partial charge in [0, 0.05) is 19.8 Å². The number of ether oxygens (including phenoxy) is 1. The molecule has 118 valence electrons. The van der Waals surface area contributed by atoms with Crippen molar-refractivity contribution in [2.75, 3.05) is 29.6 Å². The SMILES string of the molecule is CN(C(=O)OC(C)(C)C)c1ccc(N(C)S(C)(=O)=O)cc1. The van der Waals surface area contributed by atoms with Gasteiger partial charge in [-0.05, 0) is 45.0 Å². The molecule has 6 nitrogen and oxygen atoms in total. The van der Waals surface area contributed by atoms with Crippen LogP contribution >= 0.6 is 0 Å². The second-order valence-corrected chi connectivity index (χ2v) is 7.80. The molecule has 7 heteroatoms. The zero-order valence-corrected chi connectivity index (χ0v) is 14.1. The largest absolute Gasteiger partial charge is 0.443 e. The minimum Gasteiger partial charge on any atom is -0.443 e. The molecular formula is C14H22N2O4S. The van der Waals surface area contributed by atoms with Crippen LogP contribution in [0.15, 0.2) is 24.3 Å². The maximum absolute atomic E-state index is 11.9. The molecular weight excluding hydrogens is 292 g/mol. The Morgan fingerprint density at radius 1 is 1.05 bits per heavy atom. The summed E-state index contributed by atoms with van der Waals surface area (Å²) >= 11 is 0. The van der Waals surface area contributed by atoms with E-state index in [9.17, 15) is 13.2 Å². The van der Waals surface area contributed by atoms with Crippen LogP contribution in [0.5, 0.6) is 0 Å². The van der Waals surface area contributed by atoms with Crippen molar-refractivity contribution in [2.45, 2.75) is 26.4 Å². The number of carbonyl (C=O) groups is 1. The molecule has 0 unspecified atom stereocenters. The molecule has 1 aromatic carbocycles. The van der Waals surface area contributed by atoms with Crippen molar-refractivity contribution >= 4 is 27.5 Å². The first-order chi connectivity index (χ1) is 9.42. The highest BCUT2D eigenvalue weighted by atomic mass is 32.2. The number of benzene rings is 1. The van der Waals surface area contributed by atoms with Crippen molar-refractivity contribution < 1.29 is 17.9 Å². The molecule has 0 saturated carbocycles. The van der Waals surface area contributed by atoms with E-state index in [1.54, 1.807) is 52.1 Å². The summed E-state index contributed by atoms with van der Waals surface area (Å²) in [6.07, 6.45) is 0.667. The van der Waals surface area contributed by atoms with Crippen LogP contribution in [0.3, 0.4) is 0 Å². The van der Waals surface area contributed by atoms with Crippen molar-refractivity contribution in [3.63, 3.8) is 0 Å². The average molecular weight is 314 g/mol. The van der Waals surface area contributed by atoms with Gasteiger partial charge in [-0.25, -0.2) is 13.2 Å². The summed E-state index contributed by atoms with van der Waals surface area (Å²) in [5.41, 5.74) is 0.579. The topological polar surface area (TPSA) is 66.9 Å². The molecule has 0 atom stereocenters. The van der Waals surface area contributed by atoms with E-state index in [1.807, 2.05) is 0 Å². The van der Waals surface area contributed by atoms with E-state index in [0.29, 0.717) is 11.4 Å². The highest BCUT2D eigenvalue weighted by Crippen LogP contribution is 2.22. The summed E-state index contributed by atoms with van der Waals surface area (Å²) in [5.74, 6) is 0. The molecule has 0 aromatic heterocycles. The molecule has 0 bridgehead atoms. The molecule has 0 spiro atoms. The van der Waals surface area contributed by atoms with Gasteiger partial charge in [0.2, 0.25) is 10.0 Å². The molecule has 0 aliphatic rings. The molecule has 0 heterocycles. The average Bonchev–Trinajstić information content (AvgIpc) is 2.34. The van der Waals surface area contributed by atoms with Crippen molar-refractivity contribution in [3.05, 3.63) is 24.3 Å². The first-order valence-corrected chi connectivity index (χ1v) is 8.27. The lowest BCUT2D eigenvalue weighted by Gasteiger charge is -2.25. The predicted octanol–water partition coefficient (Wildman–Crippen LogP) is 2.45. The van der Waals surface area contributed by atoms with E-state index >= 15 is 0 Å². The quantitative estimate of drug-likeness (QED) is 0.859. The van der Waals surface area contributed by atoms with Gasteiger partial charge in [0.25, 0.3) is 0 Å². The fourth-order valence-corrected chi connectivity index (χ4v) is 2.02. The van der Waals surface area contributed by atoms with Crippen LogP contribution in [-0.2, 0) is 14.8 Å². The Bertz CT molecular complexity index is 603. The van der Waals surface area contributed by atoms with E-state index < -0.39 is 21.7 Å². The Labute approximate surface area is 126 Å². The van der Waals surface area contributed by atoms with Gasteiger partial charge in [-0.3, -0.25) is 9.21 Å². The van der Waals surface area contributed by atoms with E-state index in [0.717, 1.165) is 6.26 Å². The van der Waals surface area contributed by atoms with Crippen LogP contribution in [0.1, 0.15) is 20.8 Å². The standard InChI is InChI=1S/C14H22N2O4S/c1-14(2,3)20-13(17)15(4)11-7-9-12(10-8-11)16(5)21(6,18)19/h7-10H,1-6H3. The van der Waals surface area contributed by atoms with Crippen LogP contribution in [-0.4, -0.2) is 40.5 Å². The molecule has 0 aliphatic carbocycles. The molecule has 0 N–H and O–H groups in total. The number of sulfonamides is 1. The monoisotopic (exact) mass is 314 g/mol. The maximum atomic E-state index is 11.9. The molecule has 0 radical (unpaired) electrons. The fraction of sp³-hybridized carbons (Fsp3) is 0.500. The highest BCUT2D eigenvalue weighted by Gasteiger charge is 2.20. The lowest BCUT2D eigenvalue weighted by atomic mass is 10.2. The third-order valence-corrected chi connectivity index (χ3v) is 3.97. The number of rotatable bonds is 3. The molecule has 0 saturated heterocycles. The van der Waals surface area contributed by atoms with Crippen molar-refractivity contribution in [3.8, 4) is 0 Å². The summed E-state index contributed by atoms with van der Waals surface area (Å²) in [5, 5.41) is 0. The summed E-state index contributed by atoms with van der Waals surface area (Å²) in [4.78, 5) is 13.3. The van der Waals surface area contributed by atoms with E-state index in [2.05, 4.69) is 0 Å². The lowest BCUT2D eigenvalue weighted by molar-refractivity contribution is 0.0589. The maximum Gasteiger partial charge on any atom is 0.414 e. The minimum atomic E-state index is -3.30. The second kappa shape index (κ2) is 5.93. The Morgan fingerprint density at radius 2 is 1.48 bits per heavy atom. The third-order valence-electron chi connectivity index (χ3n) is 2.77. The molecule has 1 aromatic rings. The number of amides is 1. The first kappa shape index (κ1) is 17.3. The van der Waals surface area contributed by atoms with Gasteiger partial charge in [0.15, 0.2) is 0 Å². The second-order valence-electron chi connectivity index (χ2n) is 5.79. The fourth-order valence-electron chi connectivity index (χ4n) is 1.51. The van der Waals surface area contributed by atoms with Crippen LogP contribution in [0.25, 0.3) is 0 Å². The third kappa shape index (κ3) is 4.93. The molecule has 1 amide bonds. The van der Waals surface area contributed by atoms with Gasteiger partial charge in [-0.15, -0.1) is 0 Å². The van der Waals surface area contributed by atoms with Crippen molar-refractivity contribution in [2.24, 2.45) is 0 Å². The highest BCUT2D eigenvalue weighted by molar-refractivity contribution is 7.92. The van der Waals surface area contributed by atoms with Gasteiger partial charge < -0.3 is 4.74 Å². The minimum absolute atomic E-state index is 0.466. The summed E-state index contributed by atoms with van der Waals surface area (Å²) in [6, 6.07) is 6.61. The number of nitrogens with zero attached hydrogens (tertiary/aromatic N) is 2. The van der Waals surface area contributed by atoms with Crippen LogP contribution in [0.2, 0.25) is 0 Å². The van der Waals surface area contributed by atoms with Crippen LogP contribution < -0.4 is 9.21 Å². The van der Waals surface area contributed by atoms with Gasteiger partial charge in [0.1, 0.15) is 5.60 Å². The summed E-state index contributed by atoms with van der Waals surface area (Å²) in [6.45, 7) is 5.38. The van der Waals surface area contributed by atoms with Crippen LogP contribution in [0.4, 0.5) is 16.2 Å². The lowest BCUT2D eigenvalue weighted by Crippen LogP contribution is -2.34. The normalized spacial score (nSPS) is 11.9. The summed E-state index contributed by atoms with van der Waals surface area (Å²) < 4.78 is 29.4. The zero-order valence-electron chi connectivity index (χ0n) is 13.2.